The van der Waals surface area contributed by atoms with Crippen LogP contribution in [0.3, 0.4) is 0 Å². The summed E-state index contributed by atoms with van der Waals surface area (Å²) in [5, 5.41) is 2.56. The van der Waals surface area contributed by atoms with E-state index < -0.39 is 12.5 Å². The van der Waals surface area contributed by atoms with Gasteiger partial charge in [0.25, 0.3) is 5.91 Å². The molecule has 0 bridgehead atoms. The minimum Gasteiger partial charge on any atom is -0.493 e. The zero-order valence-corrected chi connectivity index (χ0v) is 15.1. The van der Waals surface area contributed by atoms with Crippen LogP contribution in [0.15, 0.2) is 18.2 Å². The highest BCUT2D eigenvalue weighted by molar-refractivity contribution is 5.97. The molecule has 1 aromatic rings. The number of rotatable bonds is 6. The molecule has 144 valence electrons. The first-order valence-corrected chi connectivity index (χ1v) is 8.49. The van der Waals surface area contributed by atoms with Crippen LogP contribution in [0.5, 0.6) is 11.5 Å². The lowest BCUT2D eigenvalue weighted by atomic mass is 9.92. The van der Waals surface area contributed by atoms with Gasteiger partial charge in [-0.1, -0.05) is 13.8 Å². The first-order chi connectivity index (χ1) is 12.3. The summed E-state index contributed by atoms with van der Waals surface area (Å²) in [6.07, 6.45) is 1.09. The molecular weight excluding hydrogens is 346 g/mol. The summed E-state index contributed by atoms with van der Waals surface area (Å²) in [4.78, 5) is 26.3. The van der Waals surface area contributed by atoms with Gasteiger partial charge in [-0.3, -0.25) is 9.59 Å². The van der Waals surface area contributed by atoms with Crippen LogP contribution in [0.25, 0.3) is 0 Å². The van der Waals surface area contributed by atoms with E-state index in [0.717, 1.165) is 6.42 Å². The van der Waals surface area contributed by atoms with Gasteiger partial charge in [-0.05, 0) is 36.5 Å². The minimum atomic E-state index is -2.99. The number of amides is 2. The summed E-state index contributed by atoms with van der Waals surface area (Å²) in [6, 6.07) is 3.86. The van der Waals surface area contributed by atoms with Gasteiger partial charge in [0.1, 0.15) is 0 Å². The maximum Gasteiger partial charge on any atom is 0.387 e. The maximum atomic E-state index is 12.3. The second-order valence-electron chi connectivity index (χ2n) is 6.67. The van der Waals surface area contributed by atoms with Crippen LogP contribution < -0.4 is 14.8 Å². The largest absolute Gasteiger partial charge is 0.493 e. The third-order valence-corrected chi connectivity index (χ3v) is 4.26. The molecular formula is C18H24F2N2O4. The summed E-state index contributed by atoms with van der Waals surface area (Å²) in [7, 11) is 1.29. The van der Waals surface area contributed by atoms with Crippen molar-refractivity contribution in [3.8, 4) is 11.5 Å². The average Bonchev–Trinajstić information content (AvgIpc) is 2.58. The van der Waals surface area contributed by atoms with Gasteiger partial charge in [-0.15, -0.1) is 0 Å². The van der Waals surface area contributed by atoms with Gasteiger partial charge in [-0.25, -0.2) is 0 Å². The van der Waals surface area contributed by atoms with E-state index in [1.807, 2.05) is 0 Å². The SMILES string of the molecule is COc1cc(C(=O)NCC(=O)N2CC(C)CC(C)C2)ccc1OC(F)F. The van der Waals surface area contributed by atoms with Gasteiger partial charge in [-0.2, -0.15) is 8.78 Å². The Morgan fingerprint density at radius 2 is 1.88 bits per heavy atom. The Morgan fingerprint density at radius 3 is 2.46 bits per heavy atom. The Labute approximate surface area is 151 Å². The number of ether oxygens (including phenoxy) is 2. The average molecular weight is 370 g/mol. The van der Waals surface area contributed by atoms with Crippen LogP contribution in [-0.4, -0.2) is 50.1 Å². The first kappa shape index (κ1) is 19.9. The van der Waals surface area contributed by atoms with Gasteiger partial charge in [0.15, 0.2) is 11.5 Å². The molecule has 0 radical (unpaired) electrons. The summed E-state index contributed by atoms with van der Waals surface area (Å²) in [6.45, 7) is 2.47. The summed E-state index contributed by atoms with van der Waals surface area (Å²) < 4.78 is 34.0. The van der Waals surface area contributed by atoms with E-state index in [4.69, 9.17) is 4.74 Å². The van der Waals surface area contributed by atoms with Crippen molar-refractivity contribution in [1.29, 1.82) is 0 Å². The van der Waals surface area contributed by atoms with Crippen LogP contribution in [0.4, 0.5) is 8.78 Å². The molecule has 1 aromatic carbocycles. The topological polar surface area (TPSA) is 67.9 Å². The molecule has 1 fully saturated rings. The molecule has 1 aliphatic heterocycles. The van der Waals surface area contributed by atoms with Crippen molar-refractivity contribution in [2.45, 2.75) is 26.9 Å². The Bertz CT molecular complexity index is 644. The van der Waals surface area contributed by atoms with E-state index in [1.54, 1.807) is 4.90 Å². The van der Waals surface area contributed by atoms with Crippen molar-refractivity contribution >= 4 is 11.8 Å². The van der Waals surface area contributed by atoms with Crippen molar-refractivity contribution in [1.82, 2.24) is 10.2 Å². The molecule has 2 rings (SSSR count). The third-order valence-electron chi connectivity index (χ3n) is 4.26. The minimum absolute atomic E-state index is 0.0166. The van der Waals surface area contributed by atoms with Crippen LogP contribution in [0.2, 0.25) is 0 Å². The molecule has 1 aliphatic rings. The molecule has 2 atom stereocenters. The maximum absolute atomic E-state index is 12.3. The molecule has 0 aromatic heterocycles. The van der Waals surface area contributed by atoms with Crippen molar-refractivity contribution in [3.63, 3.8) is 0 Å². The van der Waals surface area contributed by atoms with E-state index in [0.29, 0.717) is 24.9 Å². The Balaban J connectivity index is 1.96. The van der Waals surface area contributed by atoms with E-state index in [9.17, 15) is 18.4 Å². The Morgan fingerprint density at radius 1 is 1.23 bits per heavy atom. The summed E-state index contributed by atoms with van der Waals surface area (Å²) in [5.41, 5.74) is 0.191. The normalized spacial score (nSPS) is 20.0. The number of hydrogen-bond donors (Lipinski definition) is 1. The Kier molecular flexibility index (Phi) is 6.76. The van der Waals surface area contributed by atoms with E-state index in [1.165, 1.54) is 25.3 Å². The predicted octanol–water partition coefficient (Wildman–Crippen LogP) is 2.53. The highest BCUT2D eigenvalue weighted by Crippen LogP contribution is 2.29. The van der Waals surface area contributed by atoms with E-state index in [-0.39, 0.29) is 29.5 Å². The zero-order chi connectivity index (χ0) is 19.3. The number of piperidine rings is 1. The van der Waals surface area contributed by atoms with Crippen LogP contribution >= 0.6 is 0 Å². The van der Waals surface area contributed by atoms with Gasteiger partial charge >= 0.3 is 6.61 Å². The molecule has 26 heavy (non-hydrogen) atoms. The number of benzene rings is 1. The molecule has 6 nitrogen and oxygen atoms in total. The second kappa shape index (κ2) is 8.82. The van der Waals surface area contributed by atoms with Gasteiger partial charge in [0.05, 0.1) is 13.7 Å². The van der Waals surface area contributed by atoms with Gasteiger partial charge < -0.3 is 19.7 Å². The lowest BCUT2D eigenvalue weighted by molar-refractivity contribution is -0.132. The number of halogens is 2. The number of likely N-dealkylation sites (tertiary alicyclic amines) is 1. The fraction of sp³-hybridized carbons (Fsp3) is 0.556. The Hall–Kier alpha value is -2.38. The number of carbonyl (C=O) groups excluding carboxylic acids is 2. The van der Waals surface area contributed by atoms with Gasteiger partial charge in [0.2, 0.25) is 5.91 Å². The fourth-order valence-corrected chi connectivity index (χ4v) is 3.24. The van der Waals surface area contributed by atoms with E-state index in [2.05, 4.69) is 23.9 Å². The molecule has 0 spiro atoms. The fourth-order valence-electron chi connectivity index (χ4n) is 3.24. The molecule has 1 N–H and O–H groups in total. The zero-order valence-electron chi connectivity index (χ0n) is 15.1. The number of nitrogens with zero attached hydrogens (tertiary/aromatic N) is 1. The highest BCUT2D eigenvalue weighted by atomic mass is 19.3. The quantitative estimate of drug-likeness (QED) is 0.836. The monoisotopic (exact) mass is 370 g/mol. The first-order valence-electron chi connectivity index (χ1n) is 8.49. The summed E-state index contributed by atoms with van der Waals surface area (Å²) >= 11 is 0. The molecule has 8 heteroatoms. The van der Waals surface area contributed by atoms with Crippen LogP contribution in [0.1, 0.15) is 30.6 Å². The number of alkyl halides is 2. The van der Waals surface area contributed by atoms with Crippen molar-refractivity contribution in [3.05, 3.63) is 23.8 Å². The number of hydrogen-bond acceptors (Lipinski definition) is 4. The molecule has 0 saturated carbocycles. The molecule has 0 aliphatic carbocycles. The standard InChI is InChI=1S/C18H24F2N2O4/c1-11-6-12(2)10-22(9-11)16(23)8-21-17(24)13-4-5-14(26-18(19)20)15(7-13)25-3/h4-5,7,11-12,18H,6,8-10H2,1-3H3,(H,21,24). The van der Waals surface area contributed by atoms with Gasteiger partial charge in [0, 0.05) is 18.7 Å². The third kappa shape index (κ3) is 5.31. The van der Waals surface area contributed by atoms with Crippen LogP contribution in [-0.2, 0) is 4.79 Å². The van der Waals surface area contributed by atoms with Crippen molar-refractivity contribution in [2.75, 3.05) is 26.7 Å². The van der Waals surface area contributed by atoms with Crippen LogP contribution in [0, 0.1) is 11.8 Å². The van der Waals surface area contributed by atoms with Crippen molar-refractivity contribution < 1.29 is 27.8 Å². The van der Waals surface area contributed by atoms with E-state index >= 15 is 0 Å². The van der Waals surface area contributed by atoms with Crippen molar-refractivity contribution in [2.24, 2.45) is 11.8 Å². The lowest BCUT2D eigenvalue weighted by Gasteiger charge is -2.35. The molecule has 1 heterocycles. The number of nitrogens with one attached hydrogen (secondary N) is 1. The smallest absolute Gasteiger partial charge is 0.387 e. The number of methoxy groups -OCH3 is 1. The number of carbonyl (C=O) groups is 2. The molecule has 2 amide bonds. The molecule has 1 saturated heterocycles. The summed E-state index contributed by atoms with van der Waals surface area (Å²) in [5.74, 6) is 0.101. The lowest BCUT2D eigenvalue weighted by Crippen LogP contribution is -2.46. The highest BCUT2D eigenvalue weighted by Gasteiger charge is 2.25. The molecule has 2 unspecified atom stereocenters. The predicted molar refractivity (Wildman–Crippen MR) is 91.5 cm³/mol. The second-order valence-corrected chi connectivity index (χ2v) is 6.67.